The molecule has 4 heterocycles. The molecule has 158 valence electrons. The number of likely N-dealkylation sites (tertiary alicyclic amines) is 1. The van der Waals surface area contributed by atoms with Crippen LogP contribution in [0.2, 0.25) is 0 Å². The summed E-state index contributed by atoms with van der Waals surface area (Å²) in [6, 6.07) is 0.0843. The summed E-state index contributed by atoms with van der Waals surface area (Å²) in [5.41, 5.74) is 1.46. The van der Waals surface area contributed by atoms with E-state index in [-0.39, 0.29) is 11.9 Å². The second kappa shape index (κ2) is 8.74. The van der Waals surface area contributed by atoms with Gasteiger partial charge in [0.2, 0.25) is 11.9 Å². The molecular formula is C19H25N9OS. The monoisotopic (exact) mass is 427 g/mol. The molecule has 0 spiro atoms. The topological polar surface area (TPSA) is 117 Å². The van der Waals surface area contributed by atoms with Crippen LogP contribution >= 0.6 is 11.8 Å². The molecule has 3 aromatic rings. The highest BCUT2D eigenvalue weighted by Crippen LogP contribution is 2.31. The number of piperidine rings is 1. The van der Waals surface area contributed by atoms with E-state index in [1.165, 1.54) is 17.8 Å². The van der Waals surface area contributed by atoms with E-state index in [4.69, 9.17) is 4.98 Å². The van der Waals surface area contributed by atoms with Gasteiger partial charge in [-0.05, 0) is 32.1 Å². The summed E-state index contributed by atoms with van der Waals surface area (Å²) < 4.78 is 1.83. The number of anilines is 3. The van der Waals surface area contributed by atoms with E-state index in [0.29, 0.717) is 24.0 Å². The van der Waals surface area contributed by atoms with Crippen LogP contribution in [0.1, 0.15) is 19.8 Å². The third-order valence-corrected chi connectivity index (χ3v) is 5.72. The van der Waals surface area contributed by atoms with E-state index < -0.39 is 0 Å². The van der Waals surface area contributed by atoms with Crippen LogP contribution in [-0.2, 0) is 11.3 Å². The summed E-state index contributed by atoms with van der Waals surface area (Å²) >= 11 is 1.53. The molecule has 1 atom stereocenters. The number of rotatable bonds is 7. The molecule has 1 aliphatic rings. The molecule has 3 N–H and O–H groups in total. The fourth-order valence-electron chi connectivity index (χ4n) is 3.56. The average Bonchev–Trinajstić information content (AvgIpc) is 3.40. The van der Waals surface area contributed by atoms with E-state index in [0.717, 1.165) is 42.0 Å². The zero-order valence-electron chi connectivity index (χ0n) is 17.1. The maximum Gasteiger partial charge on any atom is 0.246 e. The number of carbonyl (C=O) groups is 1. The third kappa shape index (κ3) is 4.11. The Balaban J connectivity index is 1.63. The Morgan fingerprint density at radius 1 is 1.47 bits per heavy atom. The second-order valence-electron chi connectivity index (χ2n) is 7.03. The summed E-state index contributed by atoms with van der Waals surface area (Å²) in [7, 11) is 0. The number of hydrogen-bond donors (Lipinski definition) is 3. The summed E-state index contributed by atoms with van der Waals surface area (Å²) in [6.07, 6.45) is 8.85. The number of fused-ring (bicyclic) bond motifs is 1. The van der Waals surface area contributed by atoms with Gasteiger partial charge >= 0.3 is 0 Å². The third-order valence-electron chi connectivity index (χ3n) is 5.04. The first-order valence-corrected chi connectivity index (χ1v) is 11.1. The second-order valence-corrected chi connectivity index (χ2v) is 7.83. The van der Waals surface area contributed by atoms with Gasteiger partial charge in [-0.3, -0.25) is 14.6 Å². The Morgan fingerprint density at radius 3 is 3.07 bits per heavy atom. The van der Waals surface area contributed by atoms with Gasteiger partial charge in [-0.25, -0.2) is 0 Å². The summed E-state index contributed by atoms with van der Waals surface area (Å²) in [5, 5.41) is 20.0. The van der Waals surface area contributed by atoms with Crippen molar-refractivity contribution in [2.24, 2.45) is 0 Å². The molecule has 0 bridgehead atoms. The van der Waals surface area contributed by atoms with Gasteiger partial charge in [0.05, 0.1) is 17.3 Å². The number of amides is 1. The van der Waals surface area contributed by atoms with Crippen molar-refractivity contribution in [1.82, 2.24) is 34.8 Å². The van der Waals surface area contributed by atoms with Crippen LogP contribution in [0, 0.1) is 0 Å². The molecule has 0 saturated carbocycles. The Kier molecular flexibility index (Phi) is 5.88. The average molecular weight is 428 g/mol. The normalized spacial score (nSPS) is 16.6. The molecular weight excluding hydrogens is 402 g/mol. The van der Waals surface area contributed by atoms with Crippen molar-refractivity contribution >= 4 is 46.2 Å². The number of carbonyl (C=O) groups excluding carboxylic acids is 1. The van der Waals surface area contributed by atoms with Crippen molar-refractivity contribution < 1.29 is 4.79 Å². The van der Waals surface area contributed by atoms with E-state index >= 15 is 0 Å². The van der Waals surface area contributed by atoms with Crippen molar-refractivity contribution in [3.8, 4) is 0 Å². The van der Waals surface area contributed by atoms with Gasteiger partial charge in [0, 0.05) is 31.9 Å². The molecule has 4 rings (SSSR count). The number of aromatic amines is 1. The molecule has 1 saturated heterocycles. The maximum absolute atomic E-state index is 12.0. The minimum absolute atomic E-state index is 0.0438. The zero-order chi connectivity index (χ0) is 21.1. The number of thioether (sulfide) groups is 1. The first-order valence-electron chi connectivity index (χ1n) is 9.88. The molecule has 10 nitrogen and oxygen atoms in total. The predicted octanol–water partition coefficient (Wildman–Crippen LogP) is 2.62. The fourth-order valence-corrected chi connectivity index (χ4v) is 4.09. The number of nitrogens with one attached hydrogen (secondary N) is 3. The number of hydrogen-bond acceptors (Lipinski definition) is 8. The SMILES string of the molecule is C=CC(=O)N1CCC[C@@H](Nc2nc(Nc3cnn(CC)c3)nc3[nH]nc(SC)c23)C1. The minimum atomic E-state index is -0.0438. The molecule has 0 aromatic carbocycles. The van der Waals surface area contributed by atoms with Crippen molar-refractivity contribution in [1.29, 1.82) is 0 Å². The lowest BCUT2D eigenvalue weighted by Gasteiger charge is -2.33. The highest BCUT2D eigenvalue weighted by molar-refractivity contribution is 7.98. The lowest BCUT2D eigenvalue weighted by atomic mass is 10.1. The number of aromatic nitrogens is 6. The van der Waals surface area contributed by atoms with Gasteiger partial charge < -0.3 is 15.5 Å². The Bertz CT molecular complexity index is 1060. The van der Waals surface area contributed by atoms with Crippen LogP contribution in [-0.4, -0.2) is 66.1 Å². The fraction of sp³-hybridized carbons (Fsp3) is 0.421. The highest BCUT2D eigenvalue weighted by atomic mass is 32.2. The van der Waals surface area contributed by atoms with E-state index in [2.05, 4.69) is 37.5 Å². The van der Waals surface area contributed by atoms with Crippen LogP contribution in [0.25, 0.3) is 11.0 Å². The zero-order valence-corrected chi connectivity index (χ0v) is 17.9. The maximum atomic E-state index is 12.0. The van der Waals surface area contributed by atoms with Crippen LogP contribution in [0.4, 0.5) is 17.5 Å². The van der Waals surface area contributed by atoms with E-state index in [9.17, 15) is 4.79 Å². The molecule has 1 amide bonds. The van der Waals surface area contributed by atoms with Gasteiger partial charge in [0.25, 0.3) is 0 Å². The standard InChI is InChI=1S/C19H25N9OS/c1-4-14(29)27-8-6-7-12(10-27)21-16-15-17(25-26-18(15)30-3)24-19(23-16)22-13-9-20-28(5-2)11-13/h4,9,11-12H,1,5-8,10H2,2-3H3,(H3,21,22,23,24,25,26)/t12-/m1/s1. The number of H-pyrrole nitrogens is 1. The molecule has 0 radical (unpaired) electrons. The summed E-state index contributed by atoms with van der Waals surface area (Å²) in [6.45, 7) is 7.77. The molecule has 1 fully saturated rings. The smallest absolute Gasteiger partial charge is 0.246 e. The molecule has 0 unspecified atom stereocenters. The number of aryl methyl sites for hydroxylation is 1. The van der Waals surface area contributed by atoms with Gasteiger partial charge in [-0.2, -0.15) is 20.2 Å². The lowest BCUT2D eigenvalue weighted by molar-refractivity contribution is -0.127. The van der Waals surface area contributed by atoms with Gasteiger partial charge in [-0.15, -0.1) is 11.8 Å². The molecule has 1 aliphatic heterocycles. The predicted molar refractivity (Wildman–Crippen MR) is 118 cm³/mol. The molecule has 30 heavy (non-hydrogen) atoms. The van der Waals surface area contributed by atoms with Crippen LogP contribution in [0.15, 0.2) is 30.1 Å². The Labute approximate surface area is 178 Å². The quantitative estimate of drug-likeness (QED) is 0.389. The van der Waals surface area contributed by atoms with Crippen LogP contribution in [0.5, 0.6) is 0 Å². The van der Waals surface area contributed by atoms with Crippen molar-refractivity contribution in [3.63, 3.8) is 0 Å². The molecule has 3 aromatic heterocycles. The first-order chi connectivity index (χ1) is 14.6. The van der Waals surface area contributed by atoms with Gasteiger partial charge in [0.1, 0.15) is 10.8 Å². The number of nitrogens with zero attached hydrogens (tertiary/aromatic N) is 6. The summed E-state index contributed by atoms with van der Waals surface area (Å²) in [5.74, 6) is 1.10. The minimum Gasteiger partial charge on any atom is -0.365 e. The first kappa shape index (κ1) is 20.2. The van der Waals surface area contributed by atoms with Crippen LogP contribution in [0.3, 0.4) is 0 Å². The van der Waals surface area contributed by atoms with Crippen molar-refractivity contribution in [3.05, 3.63) is 25.0 Å². The summed E-state index contributed by atoms with van der Waals surface area (Å²) in [4.78, 5) is 23.2. The Hall–Kier alpha value is -3.08. The highest BCUT2D eigenvalue weighted by Gasteiger charge is 2.24. The lowest BCUT2D eigenvalue weighted by Crippen LogP contribution is -2.44. The van der Waals surface area contributed by atoms with Crippen molar-refractivity contribution in [2.45, 2.75) is 37.4 Å². The van der Waals surface area contributed by atoms with Gasteiger partial charge in [-0.1, -0.05) is 6.58 Å². The largest absolute Gasteiger partial charge is 0.365 e. The van der Waals surface area contributed by atoms with E-state index in [1.807, 2.05) is 29.0 Å². The van der Waals surface area contributed by atoms with Crippen molar-refractivity contribution in [2.75, 3.05) is 30.0 Å². The van der Waals surface area contributed by atoms with E-state index in [1.54, 1.807) is 6.20 Å². The molecule has 0 aliphatic carbocycles. The van der Waals surface area contributed by atoms with Gasteiger partial charge in [0.15, 0.2) is 5.65 Å². The Morgan fingerprint density at radius 2 is 2.33 bits per heavy atom. The van der Waals surface area contributed by atoms with Crippen LogP contribution < -0.4 is 10.6 Å². The molecule has 11 heteroatoms.